The van der Waals surface area contributed by atoms with Crippen LogP contribution in [0.4, 0.5) is 0 Å². The van der Waals surface area contributed by atoms with Gasteiger partial charge in [-0.2, -0.15) is 4.33 Å². The lowest BCUT2D eigenvalue weighted by molar-refractivity contribution is -0.160. The lowest BCUT2D eigenvalue weighted by atomic mass is 10.7. The van der Waals surface area contributed by atoms with E-state index in [1.807, 2.05) is 14.1 Å². The highest BCUT2D eigenvalue weighted by Gasteiger charge is 1.90. The molecular formula is C5H13NO2S. The van der Waals surface area contributed by atoms with Crippen LogP contribution in [-0.4, -0.2) is 38.4 Å². The summed E-state index contributed by atoms with van der Waals surface area (Å²) in [5, 5.41) is 0. The molecule has 0 amide bonds. The largest absolute Gasteiger partial charge is 0.308 e. The summed E-state index contributed by atoms with van der Waals surface area (Å²) < 4.78 is 4.57. The number of hydrogen-bond donors (Lipinski definition) is 0. The van der Waals surface area contributed by atoms with Gasteiger partial charge < -0.3 is 4.90 Å². The van der Waals surface area contributed by atoms with E-state index < -0.39 is 0 Å². The Hall–Kier alpha value is 0.230. The summed E-state index contributed by atoms with van der Waals surface area (Å²) in [4.78, 5) is 6.46. The van der Waals surface area contributed by atoms with Gasteiger partial charge in [0, 0.05) is 24.3 Å². The first-order valence-corrected chi connectivity index (χ1v) is 3.65. The number of hydrogen-bond acceptors (Lipinski definition) is 4. The van der Waals surface area contributed by atoms with E-state index in [0.717, 1.165) is 12.3 Å². The van der Waals surface area contributed by atoms with Crippen molar-refractivity contribution >= 4 is 12.0 Å². The highest BCUT2D eigenvalue weighted by atomic mass is 32.2. The average molecular weight is 151 g/mol. The van der Waals surface area contributed by atoms with Crippen LogP contribution in [0.1, 0.15) is 0 Å². The predicted molar refractivity (Wildman–Crippen MR) is 39.1 cm³/mol. The van der Waals surface area contributed by atoms with Gasteiger partial charge in [0.25, 0.3) is 0 Å². The van der Waals surface area contributed by atoms with Gasteiger partial charge in [-0.25, -0.2) is 4.89 Å². The summed E-state index contributed by atoms with van der Waals surface area (Å²) in [6.07, 6.45) is 0. The molecule has 0 rings (SSSR count). The van der Waals surface area contributed by atoms with Gasteiger partial charge in [-0.05, 0) is 14.1 Å². The molecule has 0 unspecified atom stereocenters. The lowest BCUT2D eigenvalue weighted by Gasteiger charge is -2.06. The van der Waals surface area contributed by atoms with Gasteiger partial charge in [-0.15, -0.1) is 0 Å². The fourth-order valence-corrected chi connectivity index (χ4v) is 0.906. The minimum Gasteiger partial charge on any atom is -0.308 e. The molecule has 0 spiro atoms. The second kappa shape index (κ2) is 6.35. The molecule has 0 N–H and O–H groups in total. The zero-order chi connectivity index (χ0) is 7.11. The second-order valence-corrected chi connectivity index (χ2v) is 2.64. The first-order chi connectivity index (χ1) is 4.27. The van der Waals surface area contributed by atoms with Gasteiger partial charge in [-0.1, -0.05) is 0 Å². The topological polar surface area (TPSA) is 21.7 Å². The summed E-state index contributed by atoms with van der Waals surface area (Å²) in [7, 11) is 5.55. The molecule has 0 aliphatic rings. The van der Waals surface area contributed by atoms with Crippen LogP contribution < -0.4 is 0 Å². The molecule has 0 fully saturated rings. The average Bonchev–Trinajstić information content (AvgIpc) is 1.80. The van der Waals surface area contributed by atoms with Gasteiger partial charge in [0.2, 0.25) is 0 Å². The fraction of sp³-hybridized carbons (Fsp3) is 1.00. The summed E-state index contributed by atoms with van der Waals surface area (Å²) in [5.41, 5.74) is 0. The van der Waals surface area contributed by atoms with Crippen LogP contribution in [0.2, 0.25) is 0 Å². The monoisotopic (exact) mass is 151 g/mol. The van der Waals surface area contributed by atoms with Crippen LogP contribution in [-0.2, 0) is 9.22 Å². The summed E-state index contributed by atoms with van der Waals surface area (Å²) in [6.45, 7) is 1.01. The van der Waals surface area contributed by atoms with Crippen LogP contribution in [0, 0.1) is 0 Å². The van der Waals surface area contributed by atoms with Crippen molar-refractivity contribution in [3.8, 4) is 0 Å². The summed E-state index contributed by atoms with van der Waals surface area (Å²) >= 11 is 1.32. The maximum absolute atomic E-state index is 4.57. The third-order valence-electron chi connectivity index (χ3n) is 0.738. The molecular weight excluding hydrogens is 138 g/mol. The SMILES string of the molecule is COOSCCN(C)C. The molecule has 9 heavy (non-hydrogen) atoms. The van der Waals surface area contributed by atoms with Crippen molar-refractivity contribution in [2.45, 2.75) is 0 Å². The third-order valence-corrected chi connectivity index (χ3v) is 1.32. The van der Waals surface area contributed by atoms with E-state index in [2.05, 4.69) is 14.1 Å². The fourth-order valence-electron chi connectivity index (χ4n) is 0.302. The molecule has 0 bridgehead atoms. The van der Waals surface area contributed by atoms with Gasteiger partial charge in [0.1, 0.15) is 0 Å². The molecule has 0 aromatic heterocycles. The van der Waals surface area contributed by atoms with E-state index in [-0.39, 0.29) is 0 Å². The zero-order valence-electron chi connectivity index (χ0n) is 6.09. The van der Waals surface area contributed by atoms with Crippen molar-refractivity contribution in [2.24, 2.45) is 0 Å². The van der Waals surface area contributed by atoms with E-state index in [9.17, 15) is 0 Å². The minimum atomic E-state index is 0.931. The van der Waals surface area contributed by atoms with Crippen LogP contribution in [0.25, 0.3) is 0 Å². The van der Waals surface area contributed by atoms with E-state index in [1.54, 1.807) is 0 Å². The number of rotatable bonds is 5. The van der Waals surface area contributed by atoms with E-state index in [0.29, 0.717) is 0 Å². The lowest BCUT2D eigenvalue weighted by Crippen LogP contribution is -2.14. The van der Waals surface area contributed by atoms with E-state index >= 15 is 0 Å². The highest BCUT2D eigenvalue weighted by Crippen LogP contribution is 2.00. The van der Waals surface area contributed by atoms with E-state index in [1.165, 1.54) is 19.2 Å². The molecule has 0 saturated carbocycles. The molecule has 0 heterocycles. The van der Waals surface area contributed by atoms with E-state index in [4.69, 9.17) is 0 Å². The molecule has 3 nitrogen and oxygen atoms in total. The highest BCUT2D eigenvalue weighted by molar-refractivity contribution is 7.94. The van der Waals surface area contributed by atoms with Gasteiger partial charge in [0.05, 0.1) is 7.11 Å². The Morgan fingerprint density at radius 2 is 2.11 bits per heavy atom. The van der Waals surface area contributed by atoms with Crippen molar-refractivity contribution < 1.29 is 9.22 Å². The first kappa shape index (κ1) is 9.23. The predicted octanol–water partition coefficient (Wildman–Crippen LogP) is 0.774. The minimum absolute atomic E-state index is 0.931. The van der Waals surface area contributed by atoms with Crippen molar-refractivity contribution in [3.05, 3.63) is 0 Å². The maximum Gasteiger partial charge on any atom is 0.0725 e. The summed E-state index contributed by atoms with van der Waals surface area (Å²) in [6, 6.07) is 0. The standard InChI is InChI=1S/C5H13NO2S/c1-6(2)4-5-9-8-7-3/h4-5H2,1-3H3. The molecule has 4 heteroatoms. The molecule has 0 aliphatic carbocycles. The molecule has 0 atom stereocenters. The Balaban J connectivity index is 2.75. The quantitative estimate of drug-likeness (QED) is 0.250. The second-order valence-electron chi connectivity index (χ2n) is 1.86. The molecule has 0 radical (unpaired) electrons. The van der Waals surface area contributed by atoms with Crippen LogP contribution >= 0.6 is 12.0 Å². The smallest absolute Gasteiger partial charge is 0.0725 e. The van der Waals surface area contributed by atoms with Crippen LogP contribution in [0.5, 0.6) is 0 Å². The maximum atomic E-state index is 4.57. The van der Waals surface area contributed by atoms with Gasteiger partial charge in [-0.3, -0.25) is 0 Å². The molecule has 0 saturated heterocycles. The summed E-state index contributed by atoms with van der Waals surface area (Å²) in [5.74, 6) is 0.931. The van der Waals surface area contributed by atoms with Crippen molar-refractivity contribution in [1.82, 2.24) is 4.90 Å². The molecule has 0 aliphatic heterocycles. The Kier molecular flexibility index (Phi) is 6.51. The third kappa shape index (κ3) is 8.23. The van der Waals surface area contributed by atoms with Gasteiger partial charge >= 0.3 is 0 Å². The molecule has 0 aromatic rings. The van der Waals surface area contributed by atoms with Crippen LogP contribution in [0.15, 0.2) is 0 Å². The van der Waals surface area contributed by atoms with Crippen molar-refractivity contribution in [3.63, 3.8) is 0 Å². The Labute approximate surface area is 60.4 Å². The van der Waals surface area contributed by atoms with Gasteiger partial charge in [0.15, 0.2) is 0 Å². The first-order valence-electron chi connectivity index (χ1n) is 2.74. The molecule has 56 valence electrons. The molecule has 0 aromatic carbocycles. The van der Waals surface area contributed by atoms with Crippen LogP contribution in [0.3, 0.4) is 0 Å². The Morgan fingerprint density at radius 1 is 1.44 bits per heavy atom. The van der Waals surface area contributed by atoms with Crippen molar-refractivity contribution in [2.75, 3.05) is 33.5 Å². The Morgan fingerprint density at radius 3 is 2.56 bits per heavy atom. The van der Waals surface area contributed by atoms with Crippen molar-refractivity contribution in [1.29, 1.82) is 0 Å². The Bertz CT molecular complexity index is 60.9. The normalized spacial score (nSPS) is 10.7. The zero-order valence-corrected chi connectivity index (χ0v) is 6.90. The number of nitrogens with zero attached hydrogens (tertiary/aromatic N) is 1.